The van der Waals surface area contributed by atoms with Gasteiger partial charge in [0.2, 0.25) is 5.91 Å². The quantitative estimate of drug-likeness (QED) is 0.582. The van der Waals surface area contributed by atoms with Crippen LogP contribution in [0.3, 0.4) is 0 Å². The lowest BCUT2D eigenvalue weighted by Gasteiger charge is -2.27. The largest absolute Gasteiger partial charge is 0.462 e. The molecule has 2 aliphatic heterocycles. The Bertz CT molecular complexity index is 1160. The lowest BCUT2D eigenvalue weighted by atomic mass is 9.87. The van der Waals surface area contributed by atoms with Gasteiger partial charge in [0, 0.05) is 29.1 Å². The van der Waals surface area contributed by atoms with E-state index in [-0.39, 0.29) is 18.5 Å². The number of likely N-dealkylation sites (N-methyl/N-ethyl adjacent to an activating group) is 1. The number of benzene rings is 2. The maximum Gasteiger partial charge on any atom is 0.341 e. The van der Waals surface area contributed by atoms with Gasteiger partial charge in [0.25, 0.3) is 0 Å². The zero-order valence-electron chi connectivity index (χ0n) is 18.0. The second kappa shape index (κ2) is 8.41. The van der Waals surface area contributed by atoms with Crippen LogP contribution < -0.4 is 10.1 Å². The minimum absolute atomic E-state index is 0.189. The molecule has 32 heavy (non-hydrogen) atoms. The Morgan fingerprint density at radius 2 is 1.78 bits per heavy atom. The van der Waals surface area contributed by atoms with Crippen LogP contribution in [0.25, 0.3) is 0 Å². The van der Waals surface area contributed by atoms with Gasteiger partial charge in [-0.3, -0.25) is 4.79 Å². The van der Waals surface area contributed by atoms with Crippen LogP contribution >= 0.6 is 11.3 Å². The Kier molecular flexibility index (Phi) is 5.45. The summed E-state index contributed by atoms with van der Waals surface area (Å²) in [6.45, 7) is 3.70. The molecule has 5 rings (SSSR count). The van der Waals surface area contributed by atoms with Crippen LogP contribution in [0, 0.1) is 0 Å². The van der Waals surface area contributed by atoms with Crippen molar-refractivity contribution in [1.82, 2.24) is 4.90 Å². The monoisotopic (exact) mass is 448 g/mol. The van der Waals surface area contributed by atoms with Crippen molar-refractivity contribution in [2.24, 2.45) is 0 Å². The molecule has 0 fully saturated rings. The van der Waals surface area contributed by atoms with E-state index in [1.165, 1.54) is 11.3 Å². The van der Waals surface area contributed by atoms with Crippen molar-refractivity contribution >= 4 is 28.2 Å². The fourth-order valence-corrected chi connectivity index (χ4v) is 5.73. The summed E-state index contributed by atoms with van der Waals surface area (Å²) in [6.07, 6.45) is 0.759. The van der Waals surface area contributed by atoms with Crippen molar-refractivity contribution in [2.45, 2.75) is 25.8 Å². The Labute approximate surface area is 190 Å². The molecule has 1 N–H and O–H groups in total. The number of fused-ring (bicyclic) bond motifs is 3. The molecule has 0 spiro atoms. The van der Waals surface area contributed by atoms with E-state index in [0.717, 1.165) is 41.1 Å². The fourth-order valence-electron chi connectivity index (χ4n) is 4.41. The third kappa shape index (κ3) is 3.57. The second-order valence-electron chi connectivity index (χ2n) is 8.02. The van der Waals surface area contributed by atoms with Crippen LogP contribution in [0.1, 0.15) is 44.8 Å². The summed E-state index contributed by atoms with van der Waals surface area (Å²) >= 11 is 1.47. The Morgan fingerprint density at radius 3 is 2.44 bits per heavy atom. The molecule has 1 aromatic heterocycles. The highest BCUT2D eigenvalue weighted by Gasteiger charge is 2.35. The van der Waals surface area contributed by atoms with Gasteiger partial charge in [-0.05, 0) is 38.1 Å². The predicted octanol–water partition coefficient (Wildman–Crippen LogP) is 4.79. The predicted molar refractivity (Wildman–Crippen MR) is 124 cm³/mol. The fraction of sp³-hybridized carbons (Fsp3) is 0.280. The van der Waals surface area contributed by atoms with Gasteiger partial charge in [-0.25, -0.2) is 4.79 Å². The van der Waals surface area contributed by atoms with E-state index >= 15 is 0 Å². The topological polar surface area (TPSA) is 67.9 Å². The molecule has 0 aliphatic carbocycles. The number of ether oxygens (including phenoxy) is 2. The van der Waals surface area contributed by atoms with E-state index < -0.39 is 5.92 Å². The van der Waals surface area contributed by atoms with E-state index in [9.17, 15) is 9.59 Å². The van der Waals surface area contributed by atoms with Crippen LogP contribution in [0.2, 0.25) is 0 Å². The average molecular weight is 449 g/mol. The number of carbonyl (C=O) groups is 2. The van der Waals surface area contributed by atoms with Crippen molar-refractivity contribution in [3.63, 3.8) is 0 Å². The molecule has 0 unspecified atom stereocenters. The molecule has 0 radical (unpaired) electrons. The van der Waals surface area contributed by atoms with Crippen molar-refractivity contribution in [3.05, 3.63) is 75.7 Å². The van der Waals surface area contributed by atoms with E-state index in [2.05, 4.69) is 17.3 Å². The van der Waals surface area contributed by atoms with Gasteiger partial charge in [-0.1, -0.05) is 36.4 Å². The van der Waals surface area contributed by atoms with Gasteiger partial charge in [-0.15, -0.1) is 11.3 Å². The molecule has 3 heterocycles. The average Bonchev–Trinajstić information content (AvgIpc) is 3.14. The number of rotatable bonds is 4. The minimum Gasteiger partial charge on any atom is -0.462 e. The van der Waals surface area contributed by atoms with E-state index in [0.29, 0.717) is 22.1 Å². The van der Waals surface area contributed by atoms with E-state index in [1.807, 2.05) is 48.5 Å². The van der Waals surface area contributed by atoms with Crippen molar-refractivity contribution in [2.75, 3.05) is 25.5 Å². The first-order valence-electron chi connectivity index (χ1n) is 10.7. The molecular formula is C25H24N2O4S. The highest BCUT2D eigenvalue weighted by atomic mass is 32.1. The molecule has 0 saturated heterocycles. The van der Waals surface area contributed by atoms with Crippen molar-refractivity contribution in [1.29, 1.82) is 0 Å². The van der Waals surface area contributed by atoms with Crippen molar-refractivity contribution < 1.29 is 19.1 Å². The zero-order chi connectivity index (χ0) is 22.2. The molecule has 2 aromatic carbocycles. The van der Waals surface area contributed by atoms with Crippen LogP contribution in [0.5, 0.6) is 11.5 Å². The Morgan fingerprint density at radius 1 is 1.12 bits per heavy atom. The maximum atomic E-state index is 13.7. The molecule has 3 aromatic rings. The third-order valence-electron chi connectivity index (χ3n) is 5.91. The SMILES string of the molecule is CCOC(=O)c1c(NC(=O)C2c3ccccc3Oc3ccccc32)sc2c1CCN(C)C2. The molecule has 164 valence electrons. The molecular weight excluding hydrogens is 424 g/mol. The summed E-state index contributed by atoms with van der Waals surface area (Å²) < 4.78 is 11.4. The lowest BCUT2D eigenvalue weighted by molar-refractivity contribution is -0.116. The molecule has 0 bridgehead atoms. The van der Waals surface area contributed by atoms with Gasteiger partial charge in [0.15, 0.2) is 0 Å². The van der Waals surface area contributed by atoms with Crippen LogP contribution in [0.4, 0.5) is 5.00 Å². The van der Waals surface area contributed by atoms with Gasteiger partial charge in [-0.2, -0.15) is 0 Å². The Balaban J connectivity index is 1.55. The number of amides is 1. The number of para-hydroxylation sites is 2. The second-order valence-corrected chi connectivity index (χ2v) is 9.12. The number of hydrogen-bond donors (Lipinski definition) is 1. The third-order valence-corrected chi connectivity index (χ3v) is 7.04. The first-order chi connectivity index (χ1) is 15.6. The summed E-state index contributed by atoms with van der Waals surface area (Å²) in [4.78, 5) is 29.8. The highest BCUT2D eigenvalue weighted by Crippen LogP contribution is 2.45. The first kappa shape index (κ1) is 20.7. The van der Waals surface area contributed by atoms with Gasteiger partial charge in [0.05, 0.1) is 18.1 Å². The summed E-state index contributed by atoms with van der Waals surface area (Å²) in [7, 11) is 2.06. The van der Waals surface area contributed by atoms with Gasteiger partial charge in [0.1, 0.15) is 16.5 Å². The van der Waals surface area contributed by atoms with Crippen LogP contribution in [-0.2, 0) is 22.5 Å². The van der Waals surface area contributed by atoms with E-state index in [1.54, 1.807) is 6.92 Å². The highest BCUT2D eigenvalue weighted by molar-refractivity contribution is 7.17. The van der Waals surface area contributed by atoms with Gasteiger partial charge < -0.3 is 19.7 Å². The number of anilines is 1. The number of hydrogen-bond acceptors (Lipinski definition) is 6. The normalized spacial score (nSPS) is 15.2. The number of nitrogens with zero attached hydrogens (tertiary/aromatic N) is 1. The smallest absolute Gasteiger partial charge is 0.341 e. The number of carbonyl (C=O) groups excluding carboxylic acids is 2. The summed E-state index contributed by atoms with van der Waals surface area (Å²) in [5.41, 5.74) is 3.11. The standard InChI is InChI=1S/C25H24N2O4S/c1-3-30-25(29)22-17-12-13-27(2)14-20(17)32-24(22)26-23(28)21-15-8-4-6-10-18(15)31-19-11-7-5-9-16(19)21/h4-11,21H,3,12-14H2,1-2H3,(H,26,28). The number of thiophene rings is 1. The maximum absolute atomic E-state index is 13.7. The Hall–Kier alpha value is -3.16. The first-order valence-corrected chi connectivity index (χ1v) is 11.5. The van der Waals surface area contributed by atoms with Crippen LogP contribution in [0.15, 0.2) is 48.5 Å². The van der Waals surface area contributed by atoms with Gasteiger partial charge >= 0.3 is 5.97 Å². The summed E-state index contributed by atoms with van der Waals surface area (Å²) in [5, 5.41) is 3.64. The van der Waals surface area contributed by atoms with Crippen LogP contribution in [-0.4, -0.2) is 37.0 Å². The molecule has 1 amide bonds. The van der Waals surface area contributed by atoms with E-state index in [4.69, 9.17) is 9.47 Å². The summed E-state index contributed by atoms with van der Waals surface area (Å²) in [5.74, 6) is 0.240. The molecule has 2 aliphatic rings. The molecule has 0 atom stereocenters. The molecule has 0 saturated carbocycles. The molecule has 7 heteroatoms. The number of nitrogens with one attached hydrogen (secondary N) is 1. The minimum atomic E-state index is -0.534. The summed E-state index contributed by atoms with van der Waals surface area (Å²) in [6, 6.07) is 15.2. The molecule has 6 nitrogen and oxygen atoms in total. The van der Waals surface area contributed by atoms with Crippen molar-refractivity contribution in [3.8, 4) is 11.5 Å². The zero-order valence-corrected chi connectivity index (χ0v) is 18.8. The number of esters is 1. The lowest BCUT2D eigenvalue weighted by Crippen LogP contribution is -2.27.